The van der Waals surface area contributed by atoms with Gasteiger partial charge in [0.1, 0.15) is 5.75 Å². The van der Waals surface area contributed by atoms with Gasteiger partial charge in [0.15, 0.2) is 0 Å². The molecular weight excluding hydrogens is 294 g/mol. The Bertz CT molecular complexity index is 732. The molecule has 6 heteroatoms. The smallest absolute Gasteiger partial charge is 0.269 e. The van der Waals surface area contributed by atoms with E-state index in [4.69, 9.17) is 0 Å². The van der Waals surface area contributed by atoms with Gasteiger partial charge in [-0.3, -0.25) is 15.5 Å². The summed E-state index contributed by atoms with van der Waals surface area (Å²) in [5, 5.41) is 25.0. The number of nitro benzene ring substituents is 1. The number of para-hydroxylation sites is 1. The van der Waals surface area contributed by atoms with Gasteiger partial charge in [0.25, 0.3) is 5.69 Å². The van der Waals surface area contributed by atoms with Gasteiger partial charge in [-0.15, -0.1) is 0 Å². The first-order chi connectivity index (χ1) is 10.8. The summed E-state index contributed by atoms with van der Waals surface area (Å²) >= 11 is 0. The summed E-state index contributed by atoms with van der Waals surface area (Å²) in [4.78, 5) is 10.1. The van der Waals surface area contributed by atoms with Crippen molar-refractivity contribution in [3.8, 4) is 5.75 Å². The van der Waals surface area contributed by atoms with Crippen molar-refractivity contribution < 1.29 is 10.0 Å². The highest BCUT2D eigenvalue weighted by molar-refractivity contribution is 5.84. The zero-order valence-corrected chi connectivity index (χ0v) is 13.3. The second-order valence-corrected chi connectivity index (χ2v) is 6.17. The van der Waals surface area contributed by atoms with Crippen molar-refractivity contribution in [1.29, 1.82) is 0 Å². The van der Waals surface area contributed by atoms with E-state index in [0.29, 0.717) is 11.3 Å². The van der Waals surface area contributed by atoms with Gasteiger partial charge in [-0.2, -0.15) is 5.10 Å². The van der Waals surface area contributed by atoms with Crippen LogP contribution in [0.2, 0.25) is 0 Å². The molecule has 2 rings (SSSR count). The largest absolute Gasteiger partial charge is 0.507 e. The Morgan fingerprint density at radius 2 is 1.83 bits per heavy atom. The van der Waals surface area contributed by atoms with E-state index in [1.807, 2.05) is 32.9 Å². The van der Waals surface area contributed by atoms with Crippen LogP contribution in [0, 0.1) is 10.1 Å². The van der Waals surface area contributed by atoms with Crippen LogP contribution in [0.1, 0.15) is 31.9 Å². The topological polar surface area (TPSA) is 87.8 Å². The first kappa shape index (κ1) is 16.5. The number of rotatable bonds is 4. The molecule has 0 bridgehead atoms. The summed E-state index contributed by atoms with van der Waals surface area (Å²) in [6, 6.07) is 11.5. The van der Waals surface area contributed by atoms with Crippen molar-refractivity contribution in [2.24, 2.45) is 5.10 Å². The lowest BCUT2D eigenvalue weighted by Crippen LogP contribution is -2.11. The minimum absolute atomic E-state index is 0.0232. The van der Waals surface area contributed by atoms with Crippen LogP contribution >= 0.6 is 0 Å². The van der Waals surface area contributed by atoms with E-state index in [9.17, 15) is 15.2 Å². The predicted octanol–water partition coefficient (Wildman–Crippen LogP) is 4.04. The van der Waals surface area contributed by atoms with E-state index >= 15 is 0 Å². The molecule has 0 spiro atoms. The maximum Gasteiger partial charge on any atom is 0.269 e. The molecule has 2 aromatic rings. The maximum atomic E-state index is 10.6. The normalized spacial score (nSPS) is 11.6. The Labute approximate surface area is 134 Å². The highest BCUT2D eigenvalue weighted by Crippen LogP contribution is 2.32. The monoisotopic (exact) mass is 313 g/mol. The molecule has 0 saturated heterocycles. The van der Waals surface area contributed by atoms with Crippen LogP contribution in [0.5, 0.6) is 5.75 Å². The summed E-state index contributed by atoms with van der Waals surface area (Å²) in [7, 11) is 0. The van der Waals surface area contributed by atoms with Gasteiger partial charge in [0.2, 0.25) is 0 Å². The van der Waals surface area contributed by atoms with E-state index in [2.05, 4.69) is 10.5 Å². The van der Waals surface area contributed by atoms with Crippen molar-refractivity contribution in [2.45, 2.75) is 26.2 Å². The van der Waals surface area contributed by atoms with Crippen LogP contribution < -0.4 is 5.43 Å². The average molecular weight is 313 g/mol. The number of aromatic hydroxyl groups is 1. The van der Waals surface area contributed by atoms with Crippen LogP contribution in [-0.4, -0.2) is 16.2 Å². The molecule has 0 aromatic heterocycles. The van der Waals surface area contributed by atoms with Gasteiger partial charge < -0.3 is 5.11 Å². The van der Waals surface area contributed by atoms with E-state index in [1.165, 1.54) is 18.3 Å². The van der Waals surface area contributed by atoms with Gasteiger partial charge >= 0.3 is 0 Å². The van der Waals surface area contributed by atoms with Gasteiger partial charge in [-0.1, -0.05) is 32.9 Å². The quantitative estimate of drug-likeness (QED) is 0.506. The summed E-state index contributed by atoms with van der Waals surface area (Å²) in [5.41, 5.74) is 4.71. The number of non-ortho nitro benzene ring substituents is 1. The molecule has 120 valence electrons. The SMILES string of the molecule is CC(C)(C)c1cccc(/C=N/Nc2ccc([N+](=O)[O-])cc2)c1O. The fourth-order valence-electron chi connectivity index (χ4n) is 2.10. The molecule has 0 atom stereocenters. The Morgan fingerprint density at radius 1 is 1.17 bits per heavy atom. The van der Waals surface area contributed by atoms with Crippen molar-refractivity contribution in [1.82, 2.24) is 0 Å². The zero-order valence-electron chi connectivity index (χ0n) is 13.3. The average Bonchev–Trinajstić information content (AvgIpc) is 2.48. The number of hydrazone groups is 1. The lowest BCUT2D eigenvalue weighted by Gasteiger charge is -2.21. The molecule has 0 aliphatic rings. The first-order valence-corrected chi connectivity index (χ1v) is 7.15. The molecule has 0 heterocycles. The third kappa shape index (κ3) is 4.06. The number of benzene rings is 2. The highest BCUT2D eigenvalue weighted by atomic mass is 16.6. The molecule has 0 amide bonds. The lowest BCUT2D eigenvalue weighted by molar-refractivity contribution is -0.384. The van der Waals surface area contributed by atoms with E-state index in [0.717, 1.165) is 5.56 Å². The number of nitro groups is 1. The number of phenolic OH excluding ortho intramolecular Hbond substituents is 1. The van der Waals surface area contributed by atoms with Crippen molar-refractivity contribution in [2.75, 3.05) is 5.43 Å². The lowest BCUT2D eigenvalue weighted by atomic mass is 9.85. The van der Waals surface area contributed by atoms with E-state index < -0.39 is 4.92 Å². The number of hydrogen-bond acceptors (Lipinski definition) is 5. The fourth-order valence-corrected chi connectivity index (χ4v) is 2.10. The standard InChI is InChI=1S/C17H19N3O3/c1-17(2,3)15-6-4-5-12(16(15)21)11-18-19-13-7-9-14(10-8-13)20(22)23/h4-11,19,21H,1-3H3/b18-11+. The summed E-state index contributed by atoms with van der Waals surface area (Å²) in [6.45, 7) is 6.08. The van der Waals surface area contributed by atoms with Crippen molar-refractivity contribution >= 4 is 17.6 Å². The minimum Gasteiger partial charge on any atom is -0.507 e. The maximum absolute atomic E-state index is 10.6. The van der Waals surface area contributed by atoms with Crippen molar-refractivity contribution in [3.63, 3.8) is 0 Å². The van der Waals surface area contributed by atoms with Gasteiger partial charge in [-0.25, -0.2) is 0 Å². The van der Waals surface area contributed by atoms with Gasteiger partial charge in [0, 0.05) is 17.7 Å². The zero-order chi connectivity index (χ0) is 17.0. The van der Waals surface area contributed by atoms with E-state index in [-0.39, 0.29) is 16.9 Å². The van der Waals surface area contributed by atoms with Gasteiger partial charge in [-0.05, 0) is 29.2 Å². The molecule has 0 aliphatic heterocycles. The molecule has 0 fully saturated rings. The Balaban J connectivity index is 2.13. The number of nitrogens with one attached hydrogen (secondary N) is 1. The van der Waals surface area contributed by atoms with E-state index in [1.54, 1.807) is 18.2 Å². The summed E-state index contributed by atoms with van der Waals surface area (Å²) < 4.78 is 0. The third-order valence-electron chi connectivity index (χ3n) is 3.35. The highest BCUT2D eigenvalue weighted by Gasteiger charge is 2.19. The Kier molecular flexibility index (Phi) is 4.64. The molecule has 6 nitrogen and oxygen atoms in total. The van der Waals surface area contributed by atoms with Crippen LogP contribution in [0.15, 0.2) is 47.6 Å². The molecule has 0 saturated carbocycles. The number of nitrogens with zero attached hydrogens (tertiary/aromatic N) is 2. The Morgan fingerprint density at radius 3 is 2.39 bits per heavy atom. The number of phenols is 1. The number of hydrogen-bond donors (Lipinski definition) is 2. The van der Waals surface area contributed by atoms with Crippen LogP contribution in [-0.2, 0) is 5.41 Å². The second kappa shape index (κ2) is 6.48. The van der Waals surface area contributed by atoms with Crippen LogP contribution in [0.3, 0.4) is 0 Å². The van der Waals surface area contributed by atoms with Crippen molar-refractivity contribution in [3.05, 3.63) is 63.7 Å². The molecule has 0 aliphatic carbocycles. The second-order valence-electron chi connectivity index (χ2n) is 6.17. The molecule has 2 aromatic carbocycles. The molecule has 23 heavy (non-hydrogen) atoms. The fraction of sp³-hybridized carbons (Fsp3) is 0.235. The van der Waals surface area contributed by atoms with Crippen LogP contribution in [0.4, 0.5) is 11.4 Å². The first-order valence-electron chi connectivity index (χ1n) is 7.15. The molecule has 0 unspecified atom stereocenters. The predicted molar refractivity (Wildman–Crippen MR) is 91.1 cm³/mol. The van der Waals surface area contributed by atoms with Crippen LogP contribution in [0.25, 0.3) is 0 Å². The molecule has 0 radical (unpaired) electrons. The molecule has 2 N–H and O–H groups in total. The summed E-state index contributed by atoms with van der Waals surface area (Å²) in [6.07, 6.45) is 1.52. The third-order valence-corrected chi connectivity index (χ3v) is 3.35. The van der Waals surface area contributed by atoms with Gasteiger partial charge in [0.05, 0.1) is 16.8 Å². The Hall–Kier alpha value is -2.89. The number of anilines is 1. The minimum atomic E-state index is -0.455. The molecular formula is C17H19N3O3. The summed E-state index contributed by atoms with van der Waals surface area (Å²) in [5.74, 6) is 0.203.